The predicted octanol–water partition coefficient (Wildman–Crippen LogP) is 5.37. The molecule has 0 aliphatic heterocycles. The first-order valence-electron chi connectivity index (χ1n) is 11.2. The van der Waals surface area contributed by atoms with Gasteiger partial charge < -0.3 is 24.8 Å². The lowest BCUT2D eigenvalue weighted by Crippen LogP contribution is -2.21. The third-order valence-corrected chi connectivity index (χ3v) is 5.15. The maximum Gasteiger partial charge on any atom is 0.262 e. The van der Waals surface area contributed by atoms with E-state index in [4.69, 9.17) is 14.2 Å². The number of carbonyl (C=O) groups excluding carboxylic acids is 2. The lowest BCUT2D eigenvalue weighted by molar-refractivity contribution is -0.118. The van der Waals surface area contributed by atoms with Gasteiger partial charge in [0.05, 0.1) is 24.6 Å². The molecule has 0 bridgehead atoms. The number of aryl methyl sites for hydroxylation is 1. The van der Waals surface area contributed by atoms with Gasteiger partial charge in [-0.25, -0.2) is 0 Å². The second-order valence-corrected chi connectivity index (χ2v) is 7.57. The molecule has 7 heteroatoms. The number of hydrogen-bond donors (Lipinski definition) is 2. The van der Waals surface area contributed by atoms with Crippen molar-refractivity contribution in [3.63, 3.8) is 0 Å². The Balaban J connectivity index is 1.80. The van der Waals surface area contributed by atoms with Gasteiger partial charge in [-0.05, 0) is 57.0 Å². The van der Waals surface area contributed by atoms with E-state index in [1.54, 1.807) is 36.4 Å². The molecule has 3 aromatic carbocycles. The van der Waals surface area contributed by atoms with Crippen molar-refractivity contribution < 1.29 is 23.8 Å². The molecule has 34 heavy (non-hydrogen) atoms. The second-order valence-electron chi connectivity index (χ2n) is 7.57. The minimum absolute atomic E-state index is 0.160. The van der Waals surface area contributed by atoms with E-state index in [1.807, 2.05) is 52.0 Å². The smallest absolute Gasteiger partial charge is 0.262 e. The topological polar surface area (TPSA) is 85.9 Å². The molecule has 0 saturated heterocycles. The van der Waals surface area contributed by atoms with Crippen molar-refractivity contribution in [1.29, 1.82) is 0 Å². The van der Waals surface area contributed by atoms with Crippen LogP contribution in [0.5, 0.6) is 17.2 Å². The van der Waals surface area contributed by atoms with Crippen LogP contribution in [0.15, 0.2) is 60.7 Å². The van der Waals surface area contributed by atoms with Crippen molar-refractivity contribution in [3.05, 3.63) is 77.4 Å². The Hall–Kier alpha value is -4.00. The number of rotatable bonds is 10. The summed E-state index contributed by atoms with van der Waals surface area (Å²) < 4.78 is 17.2. The molecule has 0 saturated carbocycles. The van der Waals surface area contributed by atoms with Gasteiger partial charge >= 0.3 is 0 Å². The van der Waals surface area contributed by atoms with Crippen molar-refractivity contribution in [1.82, 2.24) is 0 Å². The first-order valence-corrected chi connectivity index (χ1v) is 11.2. The van der Waals surface area contributed by atoms with Gasteiger partial charge in [0, 0.05) is 17.7 Å². The van der Waals surface area contributed by atoms with E-state index in [0.717, 1.165) is 11.1 Å². The molecule has 3 aromatic rings. The summed E-state index contributed by atoms with van der Waals surface area (Å²) in [6.07, 6.45) is 0. The molecule has 3 rings (SSSR count). The molecule has 2 N–H and O–H groups in total. The Kier molecular flexibility index (Phi) is 8.51. The van der Waals surface area contributed by atoms with Crippen molar-refractivity contribution >= 4 is 23.2 Å². The first-order chi connectivity index (χ1) is 16.4. The normalized spacial score (nSPS) is 10.4. The van der Waals surface area contributed by atoms with Crippen LogP contribution in [0.3, 0.4) is 0 Å². The van der Waals surface area contributed by atoms with E-state index in [9.17, 15) is 9.59 Å². The number of ether oxygens (including phenoxy) is 3. The highest BCUT2D eigenvalue weighted by molar-refractivity contribution is 6.05. The Bertz CT molecular complexity index is 1150. The van der Waals surface area contributed by atoms with Crippen LogP contribution in [0.2, 0.25) is 0 Å². The summed E-state index contributed by atoms with van der Waals surface area (Å²) in [5.74, 6) is 0.873. The van der Waals surface area contributed by atoms with E-state index in [-0.39, 0.29) is 18.4 Å². The van der Waals surface area contributed by atoms with Gasteiger partial charge in [-0.2, -0.15) is 0 Å². The predicted molar refractivity (Wildman–Crippen MR) is 133 cm³/mol. The fourth-order valence-corrected chi connectivity index (χ4v) is 3.30. The van der Waals surface area contributed by atoms with Gasteiger partial charge in [-0.3, -0.25) is 9.59 Å². The minimum Gasteiger partial charge on any atom is -0.492 e. The first kappa shape index (κ1) is 24.6. The van der Waals surface area contributed by atoms with Crippen molar-refractivity contribution in [3.8, 4) is 17.2 Å². The fourth-order valence-electron chi connectivity index (χ4n) is 3.30. The summed E-state index contributed by atoms with van der Waals surface area (Å²) in [7, 11) is 0. The summed E-state index contributed by atoms with van der Waals surface area (Å²) in [5, 5.41) is 5.70. The Morgan fingerprint density at radius 2 is 1.35 bits per heavy atom. The van der Waals surface area contributed by atoms with E-state index < -0.39 is 0 Å². The molecule has 0 aromatic heterocycles. The fraction of sp³-hybridized carbons (Fsp3) is 0.259. The molecule has 0 aliphatic rings. The van der Waals surface area contributed by atoms with Crippen LogP contribution in [0.25, 0.3) is 0 Å². The molecular formula is C27H30N2O5. The zero-order valence-electron chi connectivity index (χ0n) is 19.9. The van der Waals surface area contributed by atoms with E-state index >= 15 is 0 Å². The van der Waals surface area contributed by atoms with E-state index in [1.165, 1.54) is 0 Å². The largest absolute Gasteiger partial charge is 0.492 e. The molecule has 2 amide bonds. The number of benzene rings is 3. The van der Waals surface area contributed by atoms with E-state index in [2.05, 4.69) is 10.6 Å². The van der Waals surface area contributed by atoms with Crippen LogP contribution >= 0.6 is 0 Å². The molecule has 0 atom stereocenters. The van der Waals surface area contributed by atoms with Gasteiger partial charge in [0.25, 0.3) is 11.8 Å². The highest BCUT2D eigenvalue weighted by Gasteiger charge is 2.17. The molecule has 0 fully saturated rings. The van der Waals surface area contributed by atoms with Crippen molar-refractivity contribution in [2.75, 3.05) is 30.5 Å². The van der Waals surface area contributed by atoms with Gasteiger partial charge in [-0.15, -0.1) is 0 Å². The number of amides is 2. The number of anilines is 2. The van der Waals surface area contributed by atoms with Gasteiger partial charge in [0.2, 0.25) is 0 Å². The summed E-state index contributed by atoms with van der Waals surface area (Å²) in [6.45, 7) is 8.22. The molecule has 0 spiro atoms. The Morgan fingerprint density at radius 1 is 0.735 bits per heavy atom. The summed E-state index contributed by atoms with van der Waals surface area (Å²) >= 11 is 0. The van der Waals surface area contributed by atoms with E-state index in [0.29, 0.717) is 47.4 Å². The maximum atomic E-state index is 12.7. The SMILES string of the molecule is CCOc1cc(NC(=O)c2ccccc2)c(OCC)cc1NC(=O)COc1cccc(C)c1C. The molecule has 0 unspecified atom stereocenters. The lowest BCUT2D eigenvalue weighted by atomic mass is 10.1. The van der Waals surface area contributed by atoms with Crippen LogP contribution in [0, 0.1) is 13.8 Å². The molecular weight excluding hydrogens is 432 g/mol. The van der Waals surface area contributed by atoms with Crippen LogP contribution in [-0.4, -0.2) is 31.6 Å². The molecule has 178 valence electrons. The zero-order chi connectivity index (χ0) is 24.5. The standard InChI is InChI=1S/C27H30N2O5/c1-5-32-24-16-22(29-27(31)20-12-8-7-9-13-20)25(33-6-2)15-21(24)28-26(30)17-34-23-14-10-11-18(3)19(23)4/h7-16H,5-6,17H2,1-4H3,(H,28,30)(H,29,31). The van der Waals surface area contributed by atoms with Crippen LogP contribution in [0.4, 0.5) is 11.4 Å². The summed E-state index contributed by atoms with van der Waals surface area (Å²) in [6, 6.07) is 17.9. The van der Waals surface area contributed by atoms with Gasteiger partial charge in [-0.1, -0.05) is 30.3 Å². The van der Waals surface area contributed by atoms with Gasteiger partial charge in [0.1, 0.15) is 17.2 Å². The number of hydrogen-bond acceptors (Lipinski definition) is 5. The molecule has 0 aliphatic carbocycles. The monoisotopic (exact) mass is 462 g/mol. The molecule has 0 heterocycles. The van der Waals surface area contributed by atoms with Crippen LogP contribution < -0.4 is 24.8 Å². The third kappa shape index (κ3) is 6.28. The minimum atomic E-state index is -0.342. The summed E-state index contributed by atoms with van der Waals surface area (Å²) in [5.41, 5.74) is 3.47. The highest BCUT2D eigenvalue weighted by Crippen LogP contribution is 2.37. The quantitative estimate of drug-likeness (QED) is 0.423. The zero-order valence-corrected chi connectivity index (χ0v) is 19.9. The Morgan fingerprint density at radius 3 is 1.97 bits per heavy atom. The molecule has 0 radical (unpaired) electrons. The summed E-state index contributed by atoms with van der Waals surface area (Å²) in [4.78, 5) is 25.3. The third-order valence-electron chi connectivity index (χ3n) is 5.15. The van der Waals surface area contributed by atoms with Crippen LogP contribution in [0.1, 0.15) is 35.3 Å². The second kappa shape index (κ2) is 11.7. The maximum absolute atomic E-state index is 12.7. The average molecular weight is 463 g/mol. The highest BCUT2D eigenvalue weighted by atomic mass is 16.5. The Labute approximate surface area is 200 Å². The van der Waals surface area contributed by atoms with Crippen molar-refractivity contribution in [2.24, 2.45) is 0 Å². The lowest BCUT2D eigenvalue weighted by Gasteiger charge is -2.18. The molecule has 7 nitrogen and oxygen atoms in total. The number of nitrogens with one attached hydrogen (secondary N) is 2. The average Bonchev–Trinajstić information content (AvgIpc) is 2.83. The number of carbonyl (C=O) groups is 2. The van der Waals surface area contributed by atoms with Gasteiger partial charge in [0.15, 0.2) is 6.61 Å². The van der Waals surface area contributed by atoms with Crippen molar-refractivity contribution in [2.45, 2.75) is 27.7 Å². The van der Waals surface area contributed by atoms with Crippen LogP contribution in [-0.2, 0) is 4.79 Å².